The molecular formula is C12H13NO. The Morgan fingerprint density at radius 2 is 2.21 bits per heavy atom. The number of aliphatic hydroxyl groups excluding tert-OH is 1. The molecule has 1 N–H and O–H groups in total. The summed E-state index contributed by atoms with van der Waals surface area (Å²) in [6.45, 7) is 1.99. The predicted molar refractivity (Wildman–Crippen MR) is 53.4 cm³/mol. The van der Waals surface area contributed by atoms with Gasteiger partial charge in [-0.15, -0.1) is 0 Å². The van der Waals surface area contributed by atoms with E-state index in [4.69, 9.17) is 5.26 Å². The van der Waals surface area contributed by atoms with Gasteiger partial charge in [0.1, 0.15) is 0 Å². The number of nitrogens with zero attached hydrogens (tertiary/aromatic N) is 1. The Balaban J connectivity index is 2.28. The zero-order valence-electron chi connectivity index (χ0n) is 8.20. The molecule has 1 aliphatic rings. The van der Waals surface area contributed by atoms with Gasteiger partial charge in [-0.2, -0.15) is 5.26 Å². The third-order valence-electron chi connectivity index (χ3n) is 2.89. The predicted octanol–water partition coefficient (Wildman–Crippen LogP) is 2.33. The molecule has 0 bridgehead atoms. The second kappa shape index (κ2) is 3.11. The second-order valence-electron chi connectivity index (χ2n) is 4.08. The number of nitriles is 1. The van der Waals surface area contributed by atoms with Crippen molar-refractivity contribution in [2.24, 2.45) is 5.41 Å². The van der Waals surface area contributed by atoms with Crippen molar-refractivity contribution in [1.82, 2.24) is 0 Å². The van der Waals surface area contributed by atoms with Crippen LogP contribution in [0.3, 0.4) is 0 Å². The van der Waals surface area contributed by atoms with Gasteiger partial charge in [0.15, 0.2) is 0 Å². The van der Waals surface area contributed by atoms with Crippen molar-refractivity contribution in [1.29, 1.82) is 5.26 Å². The number of aliphatic hydroxyl groups is 1. The molecule has 1 fully saturated rings. The van der Waals surface area contributed by atoms with E-state index in [1.165, 1.54) is 0 Å². The van der Waals surface area contributed by atoms with Gasteiger partial charge in [0, 0.05) is 0 Å². The van der Waals surface area contributed by atoms with Crippen molar-refractivity contribution < 1.29 is 5.11 Å². The Kier molecular flexibility index (Phi) is 2.05. The number of hydrogen-bond donors (Lipinski definition) is 1. The van der Waals surface area contributed by atoms with Crippen LogP contribution in [-0.4, -0.2) is 5.11 Å². The van der Waals surface area contributed by atoms with Crippen LogP contribution in [0.5, 0.6) is 0 Å². The third kappa shape index (κ3) is 1.40. The van der Waals surface area contributed by atoms with Crippen LogP contribution in [0.2, 0.25) is 0 Å². The topological polar surface area (TPSA) is 44.0 Å². The summed E-state index contributed by atoms with van der Waals surface area (Å²) in [6.07, 6.45) is 1.02. The van der Waals surface area contributed by atoms with E-state index in [9.17, 15) is 5.11 Å². The Morgan fingerprint density at radius 3 is 2.71 bits per heavy atom. The molecule has 0 spiro atoms. The van der Waals surface area contributed by atoms with Gasteiger partial charge in [-0.3, -0.25) is 0 Å². The highest BCUT2D eigenvalue weighted by atomic mass is 16.3. The highest BCUT2D eigenvalue weighted by Gasteiger charge is 2.50. The van der Waals surface area contributed by atoms with E-state index >= 15 is 0 Å². The lowest BCUT2D eigenvalue weighted by molar-refractivity contribution is 0.123. The normalized spacial score (nSPS) is 19.8. The minimum atomic E-state index is -0.618. The van der Waals surface area contributed by atoms with Gasteiger partial charge < -0.3 is 5.11 Å². The van der Waals surface area contributed by atoms with Gasteiger partial charge in [0.25, 0.3) is 0 Å². The molecule has 14 heavy (non-hydrogen) atoms. The second-order valence-corrected chi connectivity index (χ2v) is 4.08. The van der Waals surface area contributed by atoms with Crippen molar-refractivity contribution in [3.05, 3.63) is 35.4 Å². The third-order valence-corrected chi connectivity index (χ3v) is 2.89. The van der Waals surface area contributed by atoms with Crippen LogP contribution in [0.25, 0.3) is 0 Å². The van der Waals surface area contributed by atoms with Gasteiger partial charge in [-0.1, -0.05) is 29.8 Å². The van der Waals surface area contributed by atoms with Crippen LogP contribution in [0.15, 0.2) is 24.3 Å². The zero-order valence-corrected chi connectivity index (χ0v) is 8.20. The Morgan fingerprint density at radius 1 is 1.50 bits per heavy atom. The van der Waals surface area contributed by atoms with Gasteiger partial charge >= 0.3 is 0 Å². The number of aryl methyl sites for hydroxylation is 1. The molecular weight excluding hydrogens is 174 g/mol. The van der Waals surface area contributed by atoms with Crippen LogP contribution < -0.4 is 0 Å². The molecule has 1 saturated carbocycles. The summed E-state index contributed by atoms with van der Waals surface area (Å²) in [5, 5.41) is 19.0. The molecule has 1 atom stereocenters. The molecule has 2 rings (SSSR count). The maximum absolute atomic E-state index is 10.0. The minimum Gasteiger partial charge on any atom is -0.387 e. The first-order valence-corrected chi connectivity index (χ1v) is 4.84. The molecule has 2 nitrogen and oxygen atoms in total. The van der Waals surface area contributed by atoms with Gasteiger partial charge in [-0.25, -0.2) is 0 Å². The zero-order chi connectivity index (χ0) is 10.2. The summed E-state index contributed by atoms with van der Waals surface area (Å²) >= 11 is 0. The smallest absolute Gasteiger partial charge is 0.0976 e. The van der Waals surface area contributed by atoms with E-state index in [2.05, 4.69) is 6.07 Å². The van der Waals surface area contributed by atoms with Crippen molar-refractivity contribution in [2.45, 2.75) is 25.9 Å². The standard InChI is InChI=1S/C12H13NO/c1-9-3-2-4-10(7-9)11(14)12(8-13)5-6-12/h2-4,7,11,14H,5-6H2,1H3. The van der Waals surface area contributed by atoms with Crippen molar-refractivity contribution >= 4 is 0 Å². The summed E-state index contributed by atoms with van der Waals surface area (Å²) in [6, 6.07) is 9.96. The largest absolute Gasteiger partial charge is 0.387 e. The molecule has 2 heteroatoms. The maximum atomic E-state index is 10.0. The first-order chi connectivity index (χ1) is 6.68. The van der Waals surface area contributed by atoms with Crippen molar-refractivity contribution in [3.63, 3.8) is 0 Å². The first kappa shape index (κ1) is 9.23. The lowest BCUT2D eigenvalue weighted by atomic mass is 9.93. The Hall–Kier alpha value is -1.33. The van der Waals surface area contributed by atoms with Crippen LogP contribution in [0.4, 0.5) is 0 Å². The summed E-state index contributed by atoms with van der Waals surface area (Å²) in [5.41, 5.74) is 1.49. The average Bonchev–Trinajstić information content (AvgIpc) is 2.97. The number of benzene rings is 1. The molecule has 1 aromatic carbocycles. The minimum absolute atomic E-state index is 0.492. The van der Waals surface area contributed by atoms with Crippen LogP contribution >= 0.6 is 0 Å². The number of hydrogen-bond acceptors (Lipinski definition) is 2. The Labute approximate surface area is 83.8 Å². The molecule has 1 unspecified atom stereocenters. The van der Waals surface area contributed by atoms with Gasteiger partial charge in [0.05, 0.1) is 17.6 Å². The quantitative estimate of drug-likeness (QED) is 0.772. The molecule has 0 heterocycles. The van der Waals surface area contributed by atoms with E-state index in [0.29, 0.717) is 0 Å². The fourth-order valence-electron chi connectivity index (χ4n) is 1.74. The molecule has 72 valence electrons. The van der Waals surface area contributed by atoms with E-state index in [0.717, 1.165) is 24.0 Å². The molecule has 1 aromatic rings. The van der Waals surface area contributed by atoms with Gasteiger partial charge in [0.2, 0.25) is 0 Å². The highest BCUT2D eigenvalue weighted by Crippen LogP contribution is 2.54. The average molecular weight is 187 g/mol. The van der Waals surface area contributed by atoms with Crippen LogP contribution in [-0.2, 0) is 0 Å². The molecule has 0 radical (unpaired) electrons. The molecule has 0 aromatic heterocycles. The lowest BCUT2D eigenvalue weighted by Gasteiger charge is -2.15. The van der Waals surface area contributed by atoms with E-state index in [1.54, 1.807) is 0 Å². The van der Waals surface area contributed by atoms with E-state index in [-0.39, 0.29) is 0 Å². The van der Waals surface area contributed by atoms with Crippen molar-refractivity contribution in [2.75, 3.05) is 0 Å². The summed E-state index contributed by atoms with van der Waals surface area (Å²) in [4.78, 5) is 0. The number of rotatable bonds is 2. The molecule has 0 amide bonds. The van der Waals surface area contributed by atoms with Crippen LogP contribution in [0.1, 0.15) is 30.1 Å². The molecule has 1 aliphatic carbocycles. The molecule has 0 saturated heterocycles. The monoisotopic (exact) mass is 187 g/mol. The SMILES string of the molecule is Cc1cccc(C(O)C2(C#N)CC2)c1. The summed E-state index contributed by atoms with van der Waals surface area (Å²) in [7, 11) is 0. The summed E-state index contributed by atoms with van der Waals surface area (Å²) in [5.74, 6) is 0. The fourth-order valence-corrected chi connectivity index (χ4v) is 1.74. The lowest BCUT2D eigenvalue weighted by Crippen LogP contribution is -2.11. The molecule has 0 aliphatic heterocycles. The maximum Gasteiger partial charge on any atom is 0.0976 e. The van der Waals surface area contributed by atoms with E-state index < -0.39 is 11.5 Å². The highest BCUT2D eigenvalue weighted by molar-refractivity contribution is 5.29. The van der Waals surface area contributed by atoms with Crippen molar-refractivity contribution in [3.8, 4) is 6.07 Å². The van der Waals surface area contributed by atoms with Gasteiger partial charge in [-0.05, 0) is 25.3 Å². The van der Waals surface area contributed by atoms with Crippen LogP contribution in [0, 0.1) is 23.7 Å². The Bertz CT molecular complexity index is 388. The summed E-state index contributed by atoms with van der Waals surface area (Å²) < 4.78 is 0. The van der Waals surface area contributed by atoms with E-state index in [1.807, 2.05) is 31.2 Å². The fraction of sp³-hybridized carbons (Fsp3) is 0.417. The first-order valence-electron chi connectivity index (χ1n) is 4.84.